The van der Waals surface area contributed by atoms with Crippen LogP contribution in [0.5, 0.6) is 5.75 Å². The number of likely N-dealkylation sites (tertiary alicyclic amines) is 1. The Balaban J connectivity index is 0.00000101. The van der Waals surface area contributed by atoms with Crippen molar-refractivity contribution in [2.45, 2.75) is 68.8 Å². The van der Waals surface area contributed by atoms with Crippen molar-refractivity contribution < 1.29 is 50.3 Å². The number of alkyl halides is 3. The Morgan fingerprint density at radius 1 is 1.02 bits per heavy atom. The summed E-state index contributed by atoms with van der Waals surface area (Å²) < 4.78 is 69.7. The van der Waals surface area contributed by atoms with Crippen LogP contribution < -0.4 is 20.3 Å². The third-order valence-electron chi connectivity index (χ3n) is 10.3. The molecular weight excluding hydrogens is 838 g/mol. The van der Waals surface area contributed by atoms with E-state index in [9.17, 15) is 31.2 Å². The average molecular weight is 891 g/mol. The second-order valence-corrected chi connectivity index (χ2v) is 18.5. The van der Waals surface area contributed by atoms with Crippen molar-refractivity contribution in [3.05, 3.63) is 63.3 Å². The molecule has 2 fully saturated rings. The molecule has 326 valence electrons. The molecule has 2 aromatic carbocycles. The van der Waals surface area contributed by atoms with Gasteiger partial charge in [-0.1, -0.05) is 35.3 Å². The third-order valence-corrected chi connectivity index (χ3v) is 12.8. The summed E-state index contributed by atoms with van der Waals surface area (Å²) in [6.45, 7) is 6.96. The molecule has 2 saturated heterocycles. The minimum absolute atomic E-state index is 0.0824. The van der Waals surface area contributed by atoms with Gasteiger partial charge in [0.1, 0.15) is 34.3 Å². The highest BCUT2D eigenvalue weighted by atomic mass is 35.5. The number of rotatable bonds is 12. The first-order valence-electron chi connectivity index (χ1n) is 19.0. The number of hydrogen-bond acceptors (Lipinski definition) is 10. The molecule has 2 aliphatic heterocycles. The fourth-order valence-electron chi connectivity index (χ4n) is 6.99. The van der Waals surface area contributed by atoms with Gasteiger partial charge in [0, 0.05) is 60.9 Å². The van der Waals surface area contributed by atoms with E-state index in [1.165, 1.54) is 12.1 Å². The van der Waals surface area contributed by atoms with E-state index in [0.29, 0.717) is 49.4 Å². The van der Waals surface area contributed by atoms with Gasteiger partial charge in [-0.3, -0.25) is 9.59 Å². The lowest BCUT2D eigenvalue weighted by molar-refractivity contribution is -0.870. The summed E-state index contributed by atoms with van der Waals surface area (Å²) in [5, 5.41) is 9.89. The summed E-state index contributed by atoms with van der Waals surface area (Å²) in [7, 11) is 3.91. The van der Waals surface area contributed by atoms with Gasteiger partial charge >= 0.3 is 6.18 Å². The maximum absolute atomic E-state index is 14.3. The van der Waals surface area contributed by atoms with Gasteiger partial charge in [-0.2, -0.15) is 17.9 Å². The quantitative estimate of drug-likeness (QED) is 0.257. The Hall–Kier alpha value is -3.78. The number of nitrogens with one attached hydrogen (secondary N) is 1. The maximum Gasteiger partial charge on any atom is 0.430 e. The lowest BCUT2D eigenvalue weighted by Crippen LogP contribution is -2.65. The molecule has 14 nitrogen and oxygen atoms in total. The first-order valence-corrected chi connectivity index (χ1v) is 21.2. The number of aliphatic carboxylic acids is 1. The number of amides is 2. The lowest BCUT2D eigenvalue weighted by Gasteiger charge is -2.44. The average Bonchev–Trinajstić information content (AvgIpc) is 3.14. The lowest BCUT2D eigenvalue weighted by atomic mass is 9.87. The van der Waals surface area contributed by atoms with Crippen LogP contribution >= 0.6 is 23.2 Å². The molecule has 0 spiro atoms. The molecule has 1 aromatic heterocycles. The third kappa shape index (κ3) is 12.4. The number of aromatic nitrogens is 1. The number of piperazine rings is 1. The smallest absolute Gasteiger partial charge is 0.430 e. The number of piperidine rings is 1. The number of carboxylic acids is 1. The van der Waals surface area contributed by atoms with Crippen LogP contribution in [0.4, 0.5) is 13.2 Å². The number of benzene rings is 2. The number of para-hydroxylation sites is 1. The minimum Gasteiger partial charge on any atom is -0.542 e. The molecule has 1 atom stereocenters. The zero-order valence-corrected chi connectivity index (χ0v) is 36.3. The highest BCUT2D eigenvalue weighted by Gasteiger charge is 2.47. The van der Waals surface area contributed by atoms with Crippen LogP contribution in [0.25, 0.3) is 10.9 Å². The van der Waals surface area contributed by atoms with E-state index in [4.69, 9.17) is 43.6 Å². The van der Waals surface area contributed by atoms with Crippen molar-refractivity contribution >= 4 is 61.9 Å². The molecule has 3 N–H and O–H groups in total. The number of quaternary nitrogens is 1. The molecule has 2 aliphatic rings. The van der Waals surface area contributed by atoms with Gasteiger partial charge in [-0.15, -0.1) is 0 Å². The molecular formula is C39H52Cl2F3N7O7S. The van der Waals surface area contributed by atoms with Crippen LogP contribution in [-0.2, 0) is 31.0 Å². The second-order valence-electron chi connectivity index (χ2n) is 16.0. The van der Waals surface area contributed by atoms with Gasteiger partial charge in [0.2, 0.25) is 21.8 Å². The number of ether oxygens (including phenoxy) is 1. The number of carbonyl (C=O) groups excluding carboxylic acids is 3. The maximum atomic E-state index is 14.3. The Bertz CT molecular complexity index is 2120. The molecule has 0 aliphatic carbocycles. The number of fused-ring (bicyclic) bond motifs is 1. The highest BCUT2D eigenvalue weighted by molar-refractivity contribution is 7.89. The number of sulfonamides is 1. The Kier molecular flexibility index (Phi) is 15.7. The number of carboxylic acid groups (broad SMARTS) is 1. The first-order chi connectivity index (χ1) is 27.3. The molecule has 0 saturated carbocycles. The van der Waals surface area contributed by atoms with Crippen LogP contribution in [-0.4, -0.2) is 142 Å². The SMILES string of the molecule is Cc1cc(C)c2cccc(OCc3c(Cl)ccc(S(=O)(=O)NC4(C(=O)N5CCN(C(=O)[C@@H](N)CCC[N+](C)(C)C)CC5)CCN(C)CC4)c3Cl)c2n1.O=C([O-])C(F)(F)F. The molecule has 59 heavy (non-hydrogen) atoms. The molecule has 3 heterocycles. The Labute approximate surface area is 353 Å². The summed E-state index contributed by atoms with van der Waals surface area (Å²) in [6, 6.07) is 9.86. The molecule has 0 bridgehead atoms. The molecule has 2 amide bonds. The number of halogens is 5. The molecule has 20 heteroatoms. The minimum atomic E-state index is -5.19. The Morgan fingerprint density at radius 3 is 2.19 bits per heavy atom. The van der Waals surface area contributed by atoms with Gasteiger partial charge < -0.3 is 39.6 Å². The van der Waals surface area contributed by atoms with Crippen LogP contribution in [0.3, 0.4) is 0 Å². The van der Waals surface area contributed by atoms with E-state index in [1.54, 1.807) is 15.9 Å². The molecule has 0 unspecified atom stereocenters. The summed E-state index contributed by atoms with van der Waals surface area (Å²) in [5.74, 6) is -2.93. The van der Waals surface area contributed by atoms with E-state index in [0.717, 1.165) is 34.1 Å². The summed E-state index contributed by atoms with van der Waals surface area (Å²) >= 11 is 13.4. The number of aryl methyl sites for hydroxylation is 2. The van der Waals surface area contributed by atoms with Crippen molar-refractivity contribution in [2.75, 3.05) is 74.0 Å². The van der Waals surface area contributed by atoms with Crippen molar-refractivity contribution in [3.63, 3.8) is 0 Å². The monoisotopic (exact) mass is 889 g/mol. The zero-order valence-electron chi connectivity index (χ0n) is 34.0. The highest BCUT2D eigenvalue weighted by Crippen LogP contribution is 2.35. The van der Waals surface area contributed by atoms with E-state index in [1.807, 2.05) is 39.1 Å². The van der Waals surface area contributed by atoms with Gasteiger partial charge in [0.05, 0.1) is 38.8 Å². The predicted octanol–water partition coefficient (Wildman–Crippen LogP) is 3.26. The first kappa shape index (κ1) is 47.9. The van der Waals surface area contributed by atoms with Crippen molar-refractivity contribution in [1.29, 1.82) is 0 Å². The zero-order chi connectivity index (χ0) is 44.1. The van der Waals surface area contributed by atoms with Crippen LogP contribution in [0.15, 0.2) is 41.3 Å². The number of hydrogen-bond donors (Lipinski definition) is 2. The topological polar surface area (TPSA) is 178 Å². The van der Waals surface area contributed by atoms with Crippen LogP contribution in [0, 0.1) is 13.8 Å². The van der Waals surface area contributed by atoms with Crippen molar-refractivity contribution in [2.24, 2.45) is 5.73 Å². The van der Waals surface area contributed by atoms with Gasteiger partial charge in [-0.05, 0) is 76.4 Å². The van der Waals surface area contributed by atoms with Gasteiger partial charge in [0.25, 0.3) is 0 Å². The van der Waals surface area contributed by atoms with Gasteiger partial charge in [-0.25, -0.2) is 13.4 Å². The largest absolute Gasteiger partial charge is 0.542 e. The van der Waals surface area contributed by atoms with Crippen molar-refractivity contribution in [3.8, 4) is 5.75 Å². The van der Waals surface area contributed by atoms with Crippen LogP contribution in [0.2, 0.25) is 10.0 Å². The number of carbonyl (C=O) groups is 3. The molecule has 3 aromatic rings. The van der Waals surface area contributed by atoms with Crippen LogP contribution in [0.1, 0.15) is 42.5 Å². The molecule has 0 radical (unpaired) electrons. The summed E-state index contributed by atoms with van der Waals surface area (Å²) in [5.41, 5.74) is 7.75. The number of nitrogens with zero attached hydrogens (tertiary/aromatic N) is 5. The number of nitrogens with two attached hydrogens (primary N) is 1. The van der Waals surface area contributed by atoms with Crippen molar-refractivity contribution in [1.82, 2.24) is 24.4 Å². The normalized spacial score (nSPS) is 16.9. The Morgan fingerprint density at radius 2 is 1.61 bits per heavy atom. The summed E-state index contributed by atoms with van der Waals surface area (Å²) in [4.78, 5) is 46.1. The fraction of sp³-hybridized carbons (Fsp3) is 0.538. The van der Waals surface area contributed by atoms with E-state index in [2.05, 4.69) is 35.7 Å². The van der Waals surface area contributed by atoms with E-state index >= 15 is 0 Å². The van der Waals surface area contributed by atoms with Gasteiger partial charge in [0.15, 0.2) is 0 Å². The van der Waals surface area contributed by atoms with E-state index < -0.39 is 33.7 Å². The standard InChI is InChI=1S/C37H52Cl2N7O5S.C2HF3O2/c1-25-23-26(2)41-34-27(25)9-7-11-31(34)51-24-28-29(38)12-13-32(33(28)39)52(49,50)42-37(14-16-43(3)17-15-37)36(48)45-20-18-44(19-21-45)35(47)30(40)10-8-22-46(4,5)6;3-2(4,5)1(6)7/h7,9,11-13,23,30,42H,8,10,14-22,24,40H2,1-6H3;(H,6,7)/q+1;/p-1/t30-;/m0./s1. The summed E-state index contributed by atoms with van der Waals surface area (Å²) in [6.07, 6.45) is -3.23. The molecule has 5 rings (SSSR count). The number of pyridine rings is 1. The fourth-order valence-corrected chi connectivity index (χ4v) is 9.29. The van der Waals surface area contributed by atoms with E-state index in [-0.39, 0.29) is 59.3 Å². The predicted molar refractivity (Wildman–Crippen MR) is 216 cm³/mol. The second kappa shape index (κ2) is 19.3.